The first-order chi connectivity index (χ1) is 12.6. The van der Waals surface area contributed by atoms with Crippen molar-refractivity contribution >= 4 is 17.5 Å². The summed E-state index contributed by atoms with van der Waals surface area (Å²) in [6, 6.07) is 9.77. The molecular weight excluding hydrogens is 332 g/mol. The van der Waals surface area contributed by atoms with Crippen LogP contribution in [0.5, 0.6) is 5.75 Å². The van der Waals surface area contributed by atoms with Crippen LogP contribution in [0.2, 0.25) is 0 Å². The summed E-state index contributed by atoms with van der Waals surface area (Å²) in [5, 5.41) is 20.1. The highest BCUT2D eigenvalue weighted by Crippen LogP contribution is 2.36. The topological polar surface area (TPSA) is 105 Å². The summed E-state index contributed by atoms with van der Waals surface area (Å²) in [5.74, 6) is 0.374. The third-order valence-electron chi connectivity index (χ3n) is 4.14. The van der Waals surface area contributed by atoms with E-state index in [9.17, 15) is 9.90 Å². The van der Waals surface area contributed by atoms with Gasteiger partial charge in [0.1, 0.15) is 18.1 Å². The minimum Gasteiger partial charge on any atom is -0.508 e. The number of carbonyl (C=O) groups excluding carboxylic acids is 1. The Balaban J connectivity index is 1.78. The van der Waals surface area contributed by atoms with Gasteiger partial charge in [0.05, 0.1) is 17.5 Å². The van der Waals surface area contributed by atoms with E-state index in [1.165, 1.54) is 6.33 Å². The standard InChI is InChI=1S/C18H16N6O2/c1-11-15(17(26)23-13-5-3-7-19-9-13)16(12-4-2-6-14(25)8-12)24-18(22-11)20-10-21-24/h2-10,16,25H,1H3,(H,23,26)(H,20,21,22)/t16-/m0/s1. The molecular formula is C18H16N6O2. The largest absolute Gasteiger partial charge is 0.508 e. The highest BCUT2D eigenvalue weighted by molar-refractivity contribution is 6.05. The lowest BCUT2D eigenvalue weighted by atomic mass is 9.95. The predicted octanol–water partition coefficient (Wildman–Crippen LogP) is 2.31. The molecule has 0 radical (unpaired) electrons. The van der Waals surface area contributed by atoms with Crippen LogP contribution in [0.3, 0.4) is 0 Å². The minimum atomic E-state index is -0.516. The normalized spacial score (nSPS) is 16.0. The molecule has 3 N–H and O–H groups in total. The smallest absolute Gasteiger partial charge is 0.255 e. The summed E-state index contributed by atoms with van der Waals surface area (Å²) in [5.41, 5.74) is 2.48. The average Bonchev–Trinajstić information content (AvgIpc) is 3.09. The van der Waals surface area contributed by atoms with Crippen molar-refractivity contribution in [1.29, 1.82) is 0 Å². The van der Waals surface area contributed by atoms with Gasteiger partial charge in [-0.3, -0.25) is 9.78 Å². The zero-order valence-corrected chi connectivity index (χ0v) is 13.9. The number of nitrogens with zero attached hydrogens (tertiary/aromatic N) is 4. The summed E-state index contributed by atoms with van der Waals surface area (Å²) >= 11 is 0. The van der Waals surface area contributed by atoms with E-state index in [-0.39, 0.29) is 11.7 Å². The molecule has 1 amide bonds. The number of amides is 1. The summed E-state index contributed by atoms with van der Waals surface area (Å²) in [6.45, 7) is 1.81. The lowest BCUT2D eigenvalue weighted by Gasteiger charge is -2.28. The van der Waals surface area contributed by atoms with Crippen LogP contribution in [-0.2, 0) is 4.79 Å². The number of allylic oxidation sites excluding steroid dienone is 1. The maximum absolute atomic E-state index is 13.0. The number of aromatic nitrogens is 4. The van der Waals surface area contributed by atoms with Crippen LogP contribution in [0.4, 0.5) is 11.6 Å². The highest BCUT2D eigenvalue weighted by Gasteiger charge is 2.33. The van der Waals surface area contributed by atoms with Gasteiger partial charge in [-0.2, -0.15) is 10.1 Å². The maximum Gasteiger partial charge on any atom is 0.255 e. The molecule has 0 bridgehead atoms. The Hall–Kier alpha value is -3.68. The molecule has 1 aliphatic rings. The fourth-order valence-electron chi connectivity index (χ4n) is 3.02. The van der Waals surface area contributed by atoms with E-state index in [4.69, 9.17) is 0 Å². The van der Waals surface area contributed by atoms with Crippen LogP contribution in [0.25, 0.3) is 0 Å². The van der Waals surface area contributed by atoms with Crippen LogP contribution in [-0.4, -0.2) is 30.8 Å². The van der Waals surface area contributed by atoms with Crippen LogP contribution < -0.4 is 10.6 Å². The number of hydrogen-bond acceptors (Lipinski definition) is 6. The van der Waals surface area contributed by atoms with E-state index in [0.29, 0.717) is 22.9 Å². The Morgan fingerprint density at radius 2 is 2.19 bits per heavy atom. The number of phenols is 1. The van der Waals surface area contributed by atoms with Gasteiger partial charge in [-0.25, -0.2) is 4.68 Å². The molecule has 8 heteroatoms. The molecule has 4 rings (SSSR count). The molecule has 26 heavy (non-hydrogen) atoms. The van der Waals surface area contributed by atoms with Crippen molar-refractivity contribution in [3.8, 4) is 5.75 Å². The van der Waals surface area contributed by atoms with Gasteiger partial charge in [0.25, 0.3) is 5.91 Å². The molecule has 1 aliphatic heterocycles. The van der Waals surface area contributed by atoms with Crippen molar-refractivity contribution in [2.45, 2.75) is 13.0 Å². The Labute approximate surface area is 149 Å². The molecule has 0 saturated carbocycles. The Bertz CT molecular complexity index is 996. The first kappa shape index (κ1) is 15.8. The molecule has 8 nitrogen and oxygen atoms in total. The quantitative estimate of drug-likeness (QED) is 0.671. The zero-order valence-electron chi connectivity index (χ0n) is 13.9. The van der Waals surface area contributed by atoms with E-state index in [2.05, 4.69) is 25.7 Å². The third-order valence-corrected chi connectivity index (χ3v) is 4.14. The maximum atomic E-state index is 13.0. The van der Waals surface area contributed by atoms with Gasteiger partial charge in [0, 0.05) is 11.9 Å². The monoisotopic (exact) mass is 348 g/mol. The van der Waals surface area contributed by atoms with E-state index >= 15 is 0 Å². The van der Waals surface area contributed by atoms with Crippen molar-refractivity contribution in [3.05, 3.63) is 72.0 Å². The van der Waals surface area contributed by atoms with E-state index < -0.39 is 6.04 Å². The molecule has 1 aromatic carbocycles. The van der Waals surface area contributed by atoms with Crippen molar-refractivity contribution in [3.63, 3.8) is 0 Å². The molecule has 0 spiro atoms. The second-order valence-electron chi connectivity index (χ2n) is 5.89. The predicted molar refractivity (Wildman–Crippen MR) is 95.5 cm³/mol. The number of anilines is 2. The van der Waals surface area contributed by atoms with Gasteiger partial charge in [0.15, 0.2) is 0 Å². The Morgan fingerprint density at radius 3 is 2.96 bits per heavy atom. The third kappa shape index (κ3) is 2.77. The zero-order chi connectivity index (χ0) is 18.1. The average molecular weight is 348 g/mol. The number of carbonyl (C=O) groups is 1. The number of nitrogens with one attached hydrogen (secondary N) is 2. The number of aromatic hydroxyl groups is 1. The minimum absolute atomic E-state index is 0.118. The number of hydrogen-bond donors (Lipinski definition) is 3. The summed E-state index contributed by atoms with van der Waals surface area (Å²) < 4.78 is 1.62. The fraction of sp³-hybridized carbons (Fsp3) is 0.111. The van der Waals surface area contributed by atoms with E-state index in [1.54, 1.807) is 47.4 Å². The summed E-state index contributed by atoms with van der Waals surface area (Å²) in [7, 11) is 0. The first-order valence-corrected chi connectivity index (χ1v) is 8.01. The molecule has 2 aromatic heterocycles. The van der Waals surface area contributed by atoms with Gasteiger partial charge in [-0.15, -0.1) is 0 Å². The first-order valence-electron chi connectivity index (χ1n) is 8.01. The molecule has 3 heterocycles. The molecule has 0 aliphatic carbocycles. The number of benzene rings is 1. The fourth-order valence-corrected chi connectivity index (χ4v) is 3.02. The SMILES string of the molecule is CC1=C(C(=O)Nc2cccnc2)[C@H](c2cccc(O)c2)n2ncnc2N1. The van der Waals surface area contributed by atoms with Gasteiger partial charge in [0.2, 0.25) is 5.95 Å². The van der Waals surface area contributed by atoms with E-state index in [1.807, 2.05) is 13.0 Å². The highest BCUT2D eigenvalue weighted by atomic mass is 16.3. The number of rotatable bonds is 3. The molecule has 130 valence electrons. The number of phenolic OH excluding ortho intramolecular Hbond substituents is 1. The molecule has 0 unspecified atom stereocenters. The van der Waals surface area contributed by atoms with Crippen molar-refractivity contribution in [2.75, 3.05) is 10.6 Å². The lowest BCUT2D eigenvalue weighted by molar-refractivity contribution is -0.113. The van der Waals surface area contributed by atoms with Crippen LogP contribution in [0.15, 0.2) is 66.4 Å². The van der Waals surface area contributed by atoms with E-state index in [0.717, 1.165) is 5.56 Å². The van der Waals surface area contributed by atoms with Crippen molar-refractivity contribution in [2.24, 2.45) is 0 Å². The van der Waals surface area contributed by atoms with Crippen molar-refractivity contribution < 1.29 is 9.90 Å². The second kappa shape index (κ2) is 6.32. The van der Waals surface area contributed by atoms with Gasteiger partial charge >= 0.3 is 0 Å². The molecule has 1 atom stereocenters. The van der Waals surface area contributed by atoms with Gasteiger partial charge < -0.3 is 15.7 Å². The lowest BCUT2D eigenvalue weighted by Crippen LogP contribution is -2.31. The van der Waals surface area contributed by atoms with Crippen LogP contribution in [0, 0.1) is 0 Å². The molecule has 3 aromatic rings. The van der Waals surface area contributed by atoms with Gasteiger partial charge in [-0.1, -0.05) is 12.1 Å². The second-order valence-corrected chi connectivity index (χ2v) is 5.89. The molecule has 0 fully saturated rings. The Kier molecular flexibility index (Phi) is 3.85. The summed E-state index contributed by atoms with van der Waals surface area (Å²) in [4.78, 5) is 21.2. The summed E-state index contributed by atoms with van der Waals surface area (Å²) in [6.07, 6.45) is 4.64. The van der Waals surface area contributed by atoms with Crippen LogP contribution >= 0.6 is 0 Å². The molecule has 0 saturated heterocycles. The number of fused-ring (bicyclic) bond motifs is 1. The van der Waals surface area contributed by atoms with Crippen molar-refractivity contribution in [1.82, 2.24) is 19.7 Å². The Morgan fingerprint density at radius 1 is 1.31 bits per heavy atom. The van der Waals surface area contributed by atoms with Crippen LogP contribution in [0.1, 0.15) is 18.5 Å². The van der Waals surface area contributed by atoms with Gasteiger partial charge in [-0.05, 0) is 36.8 Å². The number of pyridine rings is 1.